The molecule has 1 nitrogen and oxygen atoms in total. The Morgan fingerprint density at radius 1 is 0.773 bits per heavy atom. The van der Waals surface area contributed by atoms with E-state index in [1.54, 1.807) is 0 Å². The molecule has 1 rings (SSSR count). The molecule has 22 heavy (non-hydrogen) atoms. The Labute approximate surface area is 144 Å². The molecule has 0 bridgehead atoms. The first-order valence-corrected chi connectivity index (χ1v) is 10.5. The van der Waals surface area contributed by atoms with Crippen molar-refractivity contribution in [2.24, 2.45) is 5.92 Å². The Hall–Kier alpha value is 0.0200. The Kier molecular flexibility index (Phi) is 12.3. The Balaban J connectivity index is 1.74. The van der Waals surface area contributed by atoms with Gasteiger partial charge in [0.25, 0.3) is 0 Å². The molecule has 0 aliphatic heterocycles. The van der Waals surface area contributed by atoms with Gasteiger partial charge in [0.2, 0.25) is 0 Å². The second-order valence-electron chi connectivity index (χ2n) is 7.21. The standard InChI is InChI=1S/C20H38OS/c1-2-3-4-5-6-7-8-9-10-11-12-13-14-15-19(21)18-16-17-20(18)22/h18,20,22H,2-17H2,1H3. The summed E-state index contributed by atoms with van der Waals surface area (Å²) < 4.78 is 0. The van der Waals surface area contributed by atoms with Crippen LogP contribution in [0.5, 0.6) is 0 Å². The van der Waals surface area contributed by atoms with Crippen molar-refractivity contribution in [1.82, 2.24) is 0 Å². The predicted molar refractivity (Wildman–Crippen MR) is 101 cm³/mol. The number of Topliss-reactive ketones (excluding diaryl/α,β-unsaturated/α-hetero) is 1. The van der Waals surface area contributed by atoms with E-state index in [0.29, 0.717) is 17.0 Å². The molecule has 1 saturated carbocycles. The van der Waals surface area contributed by atoms with Crippen molar-refractivity contribution in [3.05, 3.63) is 0 Å². The van der Waals surface area contributed by atoms with Crippen LogP contribution in [0.2, 0.25) is 0 Å². The lowest BCUT2D eigenvalue weighted by Gasteiger charge is -2.31. The molecule has 0 saturated heterocycles. The number of rotatable bonds is 15. The third-order valence-electron chi connectivity index (χ3n) is 5.18. The van der Waals surface area contributed by atoms with Crippen molar-refractivity contribution in [1.29, 1.82) is 0 Å². The van der Waals surface area contributed by atoms with Crippen LogP contribution in [-0.2, 0) is 4.79 Å². The van der Waals surface area contributed by atoms with Crippen LogP contribution in [0.3, 0.4) is 0 Å². The van der Waals surface area contributed by atoms with Gasteiger partial charge in [0.15, 0.2) is 0 Å². The molecule has 0 aromatic rings. The topological polar surface area (TPSA) is 17.1 Å². The van der Waals surface area contributed by atoms with Crippen LogP contribution in [0, 0.1) is 5.92 Å². The first-order chi connectivity index (χ1) is 10.8. The molecule has 130 valence electrons. The normalized spacial score (nSPS) is 20.8. The average molecular weight is 327 g/mol. The lowest BCUT2D eigenvalue weighted by molar-refractivity contribution is -0.124. The van der Waals surface area contributed by atoms with Crippen LogP contribution in [0.4, 0.5) is 0 Å². The maximum absolute atomic E-state index is 11.9. The number of hydrogen-bond acceptors (Lipinski definition) is 2. The monoisotopic (exact) mass is 326 g/mol. The molecular formula is C20H38OS. The zero-order chi connectivity index (χ0) is 16.0. The molecule has 0 N–H and O–H groups in total. The fourth-order valence-corrected chi connectivity index (χ4v) is 3.82. The third-order valence-corrected chi connectivity index (χ3v) is 5.80. The second-order valence-corrected chi connectivity index (χ2v) is 7.87. The molecule has 1 aliphatic carbocycles. The average Bonchev–Trinajstić information content (AvgIpc) is 2.50. The molecule has 2 unspecified atom stereocenters. The number of ketones is 1. The van der Waals surface area contributed by atoms with Gasteiger partial charge in [0.1, 0.15) is 5.78 Å². The van der Waals surface area contributed by atoms with Gasteiger partial charge < -0.3 is 0 Å². The van der Waals surface area contributed by atoms with Gasteiger partial charge in [-0.1, -0.05) is 84.0 Å². The van der Waals surface area contributed by atoms with Gasteiger partial charge in [-0.2, -0.15) is 12.6 Å². The molecule has 0 amide bonds. The molecule has 1 fully saturated rings. The quantitative estimate of drug-likeness (QED) is 0.260. The van der Waals surface area contributed by atoms with E-state index in [9.17, 15) is 4.79 Å². The van der Waals surface area contributed by atoms with Crippen LogP contribution in [-0.4, -0.2) is 11.0 Å². The van der Waals surface area contributed by atoms with Crippen LogP contribution in [0.25, 0.3) is 0 Å². The minimum absolute atomic E-state index is 0.292. The van der Waals surface area contributed by atoms with Crippen molar-refractivity contribution in [3.63, 3.8) is 0 Å². The molecule has 0 aromatic heterocycles. The van der Waals surface area contributed by atoms with E-state index in [1.165, 1.54) is 77.0 Å². The summed E-state index contributed by atoms with van der Waals surface area (Å²) in [7, 11) is 0. The van der Waals surface area contributed by atoms with Gasteiger partial charge >= 0.3 is 0 Å². The van der Waals surface area contributed by atoms with Crippen LogP contribution < -0.4 is 0 Å². The van der Waals surface area contributed by atoms with Crippen LogP contribution >= 0.6 is 12.6 Å². The minimum atomic E-state index is 0.292. The van der Waals surface area contributed by atoms with E-state index in [4.69, 9.17) is 0 Å². The molecule has 0 aromatic carbocycles. The van der Waals surface area contributed by atoms with E-state index in [-0.39, 0.29) is 0 Å². The van der Waals surface area contributed by atoms with Crippen LogP contribution in [0.15, 0.2) is 0 Å². The number of carbonyl (C=O) groups is 1. The number of thiol groups is 1. The summed E-state index contributed by atoms with van der Waals surface area (Å²) in [4.78, 5) is 11.9. The van der Waals surface area contributed by atoms with Gasteiger partial charge in [-0.25, -0.2) is 0 Å². The number of hydrogen-bond donors (Lipinski definition) is 1. The smallest absolute Gasteiger partial charge is 0.137 e. The zero-order valence-corrected chi connectivity index (χ0v) is 15.7. The highest BCUT2D eigenvalue weighted by atomic mass is 32.1. The van der Waals surface area contributed by atoms with Crippen molar-refractivity contribution in [2.75, 3.05) is 0 Å². The van der Waals surface area contributed by atoms with Gasteiger partial charge in [-0.3, -0.25) is 4.79 Å². The van der Waals surface area contributed by atoms with E-state index in [0.717, 1.165) is 25.7 Å². The maximum atomic E-state index is 11.9. The lowest BCUT2D eigenvalue weighted by Crippen LogP contribution is -2.33. The van der Waals surface area contributed by atoms with E-state index < -0.39 is 0 Å². The molecule has 0 radical (unpaired) electrons. The highest BCUT2D eigenvalue weighted by Crippen LogP contribution is 2.33. The zero-order valence-electron chi connectivity index (χ0n) is 14.8. The number of carbonyl (C=O) groups excluding carboxylic acids is 1. The fraction of sp³-hybridized carbons (Fsp3) is 0.950. The summed E-state index contributed by atoms with van der Waals surface area (Å²) in [5.41, 5.74) is 0. The van der Waals surface area contributed by atoms with Gasteiger partial charge in [0.05, 0.1) is 0 Å². The predicted octanol–water partition coefficient (Wildman–Crippen LogP) is 6.75. The summed E-state index contributed by atoms with van der Waals surface area (Å²) >= 11 is 4.44. The fourth-order valence-electron chi connectivity index (χ4n) is 3.36. The largest absolute Gasteiger partial charge is 0.299 e. The van der Waals surface area contributed by atoms with E-state index in [1.807, 2.05) is 0 Å². The SMILES string of the molecule is CCCCCCCCCCCCCCCC(=O)C1CCC1S. The van der Waals surface area contributed by atoms with Gasteiger partial charge in [-0.15, -0.1) is 0 Å². The molecule has 1 aliphatic rings. The first-order valence-electron chi connectivity index (χ1n) is 9.96. The summed E-state index contributed by atoms with van der Waals surface area (Å²) in [6.07, 6.45) is 20.8. The Morgan fingerprint density at radius 2 is 1.23 bits per heavy atom. The molecule has 0 spiro atoms. The highest BCUT2D eigenvalue weighted by Gasteiger charge is 2.32. The summed E-state index contributed by atoms with van der Waals surface area (Å²) in [6.45, 7) is 2.28. The minimum Gasteiger partial charge on any atom is -0.299 e. The van der Waals surface area contributed by atoms with Crippen molar-refractivity contribution in [3.8, 4) is 0 Å². The lowest BCUT2D eigenvalue weighted by atomic mass is 9.80. The molecule has 2 atom stereocenters. The van der Waals surface area contributed by atoms with E-state index in [2.05, 4.69) is 19.6 Å². The van der Waals surface area contributed by atoms with Crippen molar-refractivity contribution >= 4 is 18.4 Å². The summed E-state index contributed by atoms with van der Waals surface area (Å²) in [5, 5.41) is 0.370. The third kappa shape index (κ3) is 9.22. The first kappa shape index (κ1) is 20.1. The molecule has 0 heterocycles. The summed E-state index contributed by atoms with van der Waals surface area (Å²) in [5.74, 6) is 0.773. The molecule has 2 heteroatoms. The van der Waals surface area contributed by atoms with Gasteiger partial charge in [0, 0.05) is 17.6 Å². The highest BCUT2D eigenvalue weighted by molar-refractivity contribution is 7.81. The second kappa shape index (κ2) is 13.5. The van der Waals surface area contributed by atoms with Crippen molar-refractivity contribution in [2.45, 2.75) is 115 Å². The summed E-state index contributed by atoms with van der Waals surface area (Å²) in [6, 6.07) is 0. The van der Waals surface area contributed by atoms with Gasteiger partial charge in [-0.05, 0) is 19.3 Å². The Morgan fingerprint density at radius 3 is 1.59 bits per heavy atom. The Bertz CT molecular complexity index is 277. The van der Waals surface area contributed by atoms with E-state index >= 15 is 0 Å². The maximum Gasteiger partial charge on any atom is 0.137 e. The molecular weight excluding hydrogens is 288 g/mol. The van der Waals surface area contributed by atoms with Crippen LogP contribution in [0.1, 0.15) is 110 Å². The number of unbranched alkanes of at least 4 members (excludes halogenated alkanes) is 12. The van der Waals surface area contributed by atoms with Crippen molar-refractivity contribution < 1.29 is 4.79 Å².